The van der Waals surface area contributed by atoms with E-state index in [1.807, 2.05) is 0 Å². The second-order valence-corrected chi connectivity index (χ2v) is 3.87. The van der Waals surface area contributed by atoms with Crippen LogP contribution in [0.15, 0.2) is 0 Å². The monoisotopic (exact) mass is 206 g/mol. The molecule has 0 saturated carbocycles. The van der Waals surface area contributed by atoms with Gasteiger partial charge in [0.05, 0.1) is 5.60 Å². The summed E-state index contributed by atoms with van der Waals surface area (Å²) in [5.74, 6) is 0.634. The predicted molar refractivity (Wildman–Crippen MR) is 46.5 cm³/mol. The van der Waals surface area contributed by atoms with E-state index in [-0.39, 0.29) is 5.60 Å². The highest BCUT2D eigenvalue weighted by Crippen LogP contribution is 2.34. The second-order valence-electron chi connectivity index (χ2n) is 3.31. The molecule has 0 amide bonds. The summed E-state index contributed by atoms with van der Waals surface area (Å²) >= 11 is 3.51. The molecule has 1 fully saturated rings. The van der Waals surface area contributed by atoms with Crippen LogP contribution >= 0.6 is 15.9 Å². The number of rotatable bonds is 2. The van der Waals surface area contributed by atoms with Gasteiger partial charge in [0, 0.05) is 11.9 Å². The molecule has 1 nitrogen and oxygen atoms in total. The Labute approximate surface area is 71.3 Å². The van der Waals surface area contributed by atoms with Crippen molar-refractivity contribution < 1.29 is 4.74 Å². The van der Waals surface area contributed by atoms with Crippen LogP contribution in [0.1, 0.15) is 26.7 Å². The molecule has 1 unspecified atom stereocenters. The van der Waals surface area contributed by atoms with Gasteiger partial charge < -0.3 is 4.74 Å². The van der Waals surface area contributed by atoms with Gasteiger partial charge in [-0.3, -0.25) is 0 Å². The number of halogens is 1. The molecular formula is C8H15BrO. The Kier molecular flexibility index (Phi) is 2.75. The molecule has 1 atom stereocenters. The summed E-state index contributed by atoms with van der Waals surface area (Å²) < 4.78 is 5.70. The van der Waals surface area contributed by atoms with Gasteiger partial charge in [0.2, 0.25) is 0 Å². The van der Waals surface area contributed by atoms with Crippen LogP contribution in [-0.2, 0) is 4.74 Å². The predicted octanol–water partition coefficient (Wildman–Crippen LogP) is 2.59. The van der Waals surface area contributed by atoms with Crippen molar-refractivity contribution in [3.63, 3.8) is 0 Å². The molecule has 1 rings (SSSR count). The van der Waals surface area contributed by atoms with Crippen molar-refractivity contribution in [3.05, 3.63) is 0 Å². The average Bonchev–Trinajstić information content (AvgIpc) is 2.35. The van der Waals surface area contributed by atoms with E-state index in [0.29, 0.717) is 5.92 Å². The molecule has 0 aromatic heterocycles. The molecule has 0 aliphatic carbocycles. The van der Waals surface area contributed by atoms with E-state index in [1.54, 1.807) is 0 Å². The minimum atomic E-state index is 0.153. The molecule has 0 aromatic carbocycles. The van der Waals surface area contributed by atoms with Crippen molar-refractivity contribution in [2.75, 3.05) is 11.9 Å². The molecule has 0 bridgehead atoms. The lowest BCUT2D eigenvalue weighted by Crippen LogP contribution is -2.35. The zero-order valence-corrected chi connectivity index (χ0v) is 8.28. The van der Waals surface area contributed by atoms with E-state index >= 15 is 0 Å². The van der Waals surface area contributed by atoms with Crippen molar-refractivity contribution in [2.24, 2.45) is 5.92 Å². The maximum Gasteiger partial charge on any atom is 0.0802 e. The second kappa shape index (κ2) is 3.22. The molecule has 0 spiro atoms. The van der Waals surface area contributed by atoms with Crippen molar-refractivity contribution in [1.29, 1.82) is 0 Å². The van der Waals surface area contributed by atoms with Crippen LogP contribution in [0.3, 0.4) is 0 Å². The van der Waals surface area contributed by atoms with Crippen LogP contribution in [0.25, 0.3) is 0 Å². The SMILES string of the molecule is CC(C)C1(CBr)CCCO1. The fourth-order valence-electron chi connectivity index (χ4n) is 1.43. The maximum absolute atomic E-state index is 5.70. The largest absolute Gasteiger partial charge is 0.374 e. The first kappa shape index (κ1) is 8.54. The van der Waals surface area contributed by atoms with Crippen LogP contribution in [0, 0.1) is 5.92 Å². The van der Waals surface area contributed by atoms with Gasteiger partial charge in [-0.2, -0.15) is 0 Å². The van der Waals surface area contributed by atoms with Crippen LogP contribution in [0.5, 0.6) is 0 Å². The molecule has 1 saturated heterocycles. The van der Waals surface area contributed by atoms with Crippen molar-refractivity contribution in [3.8, 4) is 0 Å². The van der Waals surface area contributed by atoms with Gasteiger partial charge in [0.25, 0.3) is 0 Å². The van der Waals surface area contributed by atoms with Gasteiger partial charge in [-0.15, -0.1) is 0 Å². The van der Waals surface area contributed by atoms with Crippen molar-refractivity contribution in [1.82, 2.24) is 0 Å². The van der Waals surface area contributed by atoms with Crippen LogP contribution < -0.4 is 0 Å². The van der Waals surface area contributed by atoms with Crippen LogP contribution in [0.4, 0.5) is 0 Å². The Hall–Kier alpha value is 0.440. The molecule has 1 aliphatic heterocycles. The summed E-state index contributed by atoms with van der Waals surface area (Å²) in [6, 6.07) is 0. The summed E-state index contributed by atoms with van der Waals surface area (Å²) in [6.45, 7) is 5.41. The van der Waals surface area contributed by atoms with Gasteiger partial charge in [0.1, 0.15) is 0 Å². The number of ether oxygens (including phenoxy) is 1. The molecule has 1 heterocycles. The zero-order chi connectivity index (χ0) is 7.61. The molecule has 60 valence electrons. The van der Waals surface area contributed by atoms with E-state index in [4.69, 9.17) is 4.74 Å². The summed E-state index contributed by atoms with van der Waals surface area (Å²) in [4.78, 5) is 0. The minimum absolute atomic E-state index is 0.153. The topological polar surface area (TPSA) is 9.23 Å². The fourth-order valence-corrected chi connectivity index (χ4v) is 2.52. The van der Waals surface area contributed by atoms with Gasteiger partial charge >= 0.3 is 0 Å². The Bertz CT molecular complexity index is 106. The van der Waals surface area contributed by atoms with Gasteiger partial charge in [-0.05, 0) is 18.8 Å². The lowest BCUT2D eigenvalue weighted by Gasteiger charge is -2.30. The number of alkyl halides is 1. The van der Waals surface area contributed by atoms with Crippen LogP contribution in [0.2, 0.25) is 0 Å². The Morgan fingerprint density at radius 3 is 2.50 bits per heavy atom. The Morgan fingerprint density at radius 1 is 1.60 bits per heavy atom. The molecule has 1 aliphatic rings. The first-order valence-electron chi connectivity index (χ1n) is 3.91. The number of hydrogen-bond donors (Lipinski definition) is 0. The summed E-state index contributed by atoms with van der Waals surface area (Å²) in [7, 11) is 0. The highest BCUT2D eigenvalue weighted by Gasteiger charge is 2.36. The minimum Gasteiger partial charge on any atom is -0.374 e. The van der Waals surface area contributed by atoms with Crippen LogP contribution in [-0.4, -0.2) is 17.5 Å². The highest BCUT2D eigenvalue weighted by atomic mass is 79.9. The summed E-state index contributed by atoms with van der Waals surface area (Å²) in [6.07, 6.45) is 2.44. The normalized spacial score (nSPS) is 33.6. The first-order valence-corrected chi connectivity index (χ1v) is 5.03. The third-order valence-electron chi connectivity index (χ3n) is 2.41. The van der Waals surface area contributed by atoms with E-state index in [2.05, 4.69) is 29.8 Å². The molecule has 2 heteroatoms. The molecule has 0 aromatic rings. The lowest BCUT2D eigenvalue weighted by molar-refractivity contribution is -0.0118. The number of hydrogen-bond acceptors (Lipinski definition) is 1. The van der Waals surface area contributed by atoms with E-state index < -0.39 is 0 Å². The highest BCUT2D eigenvalue weighted by molar-refractivity contribution is 9.09. The summed E-state index contributed by atoms with van der Waals surface area (Å²) in [5, 5.41) is 0.984. The third-order valence-corrected chi connectivity index (χ3v) is 3.36. The molecule has 0 radical (unpaired) electrons. The molecule has 0 N–H and O–H groups in total. The molecule has 10 heavy (non-hydrogen) atoms. The Balaban J connectivity index is 2.58. The van der Waals surface area contributed by atoms with Gasteiger partial charge in [-0.25, -0.2) is 0 Å². The summed E-state index contributed by atoms with van der Waals surface area (Å²) in [5.41, 5.74) is 0.153. The quantitative estimate of drug-likeness (QED) is 0.632. The Morgan fingerprint density at radius 2 is 2.30 bits per heavy atom. The van der Waals surface area contributed by atoms with E-state index in [9.17, 15) is 0 Å². The maximum atomic E-state index is 5.70. The zero-order valence-electron chi connectivity index (χ0n) is 6.69. The first-order chi connectivity index (χ1) is 4.71. The molecular weight excluding hydrogens is 192 g/mol. The fraction of sp³-hybridized carbons (Fsp3) is 1.00. The van der Waals surface area contributed by atoms with Crippen molar-refractivity contribution in [2.45, 2.75) is 32.3 Å². The average molecular weight is 207 g/mol. The van der Waals surface area contributed by atoms with E-state index in [0.717, 1.165) is 11.9 Å². The van der Waals surface area contributed by atoms with Gasteiger partial charge in [-0.1, -0.05) is 29.8 Å². The van der Waals surface area contributed by atoms with Gasteiger partial charge in [0.15, 0.2) is 0 Å². The smallest absolute Gasteiger partial charge is 0.0802 e. The lowest BCUT2D eigenvalue weighted by atomic mass is 9.90. The third kappa shape index (κ3) is 1.37. The van der Waals surface area contributed by atoms with E-state index in [1.165, 1.54) is 12.8 Å². The van der Waals surface area contributed by atoms with Crippen molar-refractivity contribution >= 4 is 15.9 Å². The standard InChI is InChI=1S/C8H15BrO/c1-7(2)8(6-9)4-3-5-10-8/h7H,3-6H2,1-2H3.